The van der Waals surface area contributed by atoms with Crippen LogP contribution in [0.3, 0.4) is 0 Å². The molecule has 0 saturated carbocycles. The van der Waals surface area contributed by atoms with E-state index < -0.39 is 0 Å². The summed E-state index contributed by atoms with van der Waals surface area (Å²) in [6, 6.07) is 12.5. The number of benzene rings is 2. The van der Waals surface area contributed by atoms with Crippen LogP contribution in [0.5, 0.6) is 0 Å². The highest BCUT2D eigenvalue weighted by atomic mass is 16.3. The monoisotopic (exact) mass is 244 g/mol. The van der Waals surface area contributed by atoms with Crippen molar-refractivity contribution in [1.82, 2.24) is 0 Å². The number of fused-ring (bicyclic) bond motifs is 1. The second-order valence-electron chi connectivity index (χ2n) is 5.12. The van der Waals surface area contributed by atoms with Gasteiger partial charge in [0.1, 0.15) is 0 Å². The van der Waals surface area contributed by atoms with Crippen LogP contribution in [0.25, 0.3) is 10.8 Å². The quantitative estimate of drug-likeness (QED) is 0.868. The van der Waals surface area contributed by atoms with E-state index in [1.165, 1.54) is 10.8 Å². The van der Waals surface area contributed by atoms with Crippen molar-refractivity contribution in [2.75, 3.05) is 0 Å². The Balaban J connectivity index is 2.30. The van der Waals surface area contributed by atoms with Crippen molar-refractivity contribution in [1.29, 1.82) is 0 Å². The molecule has 2 aromatic rings. The third kappa shape index (κ3) is 3.31. The zero-order valence-corrected chi connectivity index (χ0v) is 10.9. The van der Waals surface area contributed by atoms with E-state index in [4.69, 9.17) is 0 Å². The van der Waals surface area contributed by atoms with Gasteiger partial charge >= 0.3 is 0 Å². The van der Waals surface area contributed by atoms with E-state index in [-0.39, 0.29) is 12.2 Å². The van der Waals surface area contributed by atoms with E-state index in [2.05, 4.69) is 36.4 Å². The Morgan fingerprint density at radius 2 is 1.17 bits per heavy atom. The molecule has 0 amide bonds. The van der Waals surface area contributed by atoms with Crippen LogP contribution in [0, 0.1) is 0 Å². The zero-order chi connectivity index (χ0) is 13.1. The molecule has 2 N–H and O–H groups in total. The van der Waals surface area contributed by atoms with Crippen LogP contribution in [-0.4, -0.2) is 22.4 Å². The van der Waals surface area contributed by atoms with Gasteiger partial charge in [0.05, 0.1) is 12.2 Å². The Morgan fingerprint density at radius 1 is 0.778 bits per heavy atom. The summed E-state index contributed by atoms with van der Waals surface area (Å²) in [6.45, 7) is 3.60. The van der Waals surface area contributed by atoms with Crippen molar-refractivity contribution < 1.29 is 10.2 Å². The number of aliphatic hydroxyl groups excluding tert-OH is 2. The van der Waals surface area contributed by atoms with Gasteiger partial charge in [-0.1, -0.05) is 36.4 Å². The molecule has 0 fully saturated rings. The molecule has 0 spiro atoms. The average molecular weight is 244 g/mol. The van der Waals surface area contributed by atoms with Gasteiger partial charge < -0.3 is 10.2 Å². The minimum absolute atomic E-state index is 0.308. The van der Waals surface area contributed by atoms with Gasteiger partial charge in [0.15, 0.2) is 0 Å². The SMILES string of the molecule is CC(O)Cc1ccc2cc(CC(C)O)ccc2c1. The Labute approximate surface area is 108 Å². The number of hydrogen-bond acceptors (Lipinski definition) is 2. The molecule has 0 radical (unpaired) electrons. The molecule has 2 aromatic carbocycles. The van der Waals surface area contributed by atoms with Gasteiger partial charge in [-0.25, -0.2) is 0 Å². The van der Waals surface area contributed by atoms with Crippen molar-refractivity contribution >= 4 is 10.8 Å². The molecular formula is C16H20O2. The third-order valence-corrected chi connectivity index (χ3v) is 3.03. The predicted molar refractivity (Wildman–Crippen MR) is 74.7 cm³/mol. The third-order valence-electron chi connectivity index (χ3n) is 3.03. The van der Waals surface area contributed by atoms with E-state index in [9.17, 15) is 10.2 Å². The molecule has 0 aliphatic rings. The average Bonchev–Trinajstić information content (AvgIpc) is 2.27. The van der Waals surface area contributed by atoms with E-state index in [0.29, 0.717) is 12.8 Å². The maximum atomic E-state index is 9.39. The molecule has 2 heteroatoms. The summed E-state index contributed by atoms with van der Waals surface area (Å²) < 4.78 is 0. The standard InChI is InChI=1S/C16H20O2/c1-11(17)7-13-3-5-16-10-14(8-12(2)18)4-6-15(16)9-13/h3-6,9-12,17-18H,7-8H2,1-2H3. The van der Waals surface area contributed by atoms with Crippen LogP contribution in [-0.2, 0) is 12.8 Å². The minimum atomic E-state index is -0.308. The smallest absolute Gasteiger partial charge is 0.0552 e. The fraction of sp³-hybridized carbons (Fsp3) is 0.375. The second-order valence-corrected chi connectivity index (χ2v) is 5.12. The van der Waals surface area contributed by atoms with Gasteiger partial charge in [-0.3, -0.25) is 0 Å². The molecule has 0 heterocycles. The van der Waals surface area contributed by atoms with Gasteiger partial charge in [0.2, 0.25) is 0 Å². The topological polar surface area (TPSA) is 40.5 Å². The highest BCUT2D eigenvalue weighted by molar-refractivity contribution is 5.83. The Kier molecular flexibility index (Phi) is 4.00. The number of hydrogen-bond donors (Lipinski definition) is 2. The van der Waals surface area contributed by atoms with Crippen LogP contribution in [0.4, 0.5) is 0 Å². The number of rotatable bonds is 4. The van der Waals surface area contributed by atoms with Crippen molar-refractivity contribution in [2.45, 2.75) is 38.9 Å². The minimum Gasteiger partial charge on any atom is -0.393 e. The molecule has 0 saturated heterocycles. The van der Waals surface area contributed by atoms with Gasteiger partial charge in [-0.2, -0.15) is 0 Å². The van der Waals surface area contributed by atoms with Crippen molar-refractivity contribution in [3.05, 3.63) is 47.5 Å². The van der Waals surface area contributed by atoms with Crippen LogP contribution < -0.4 is 0 Å². The molecule has 2 rings (SSSR count). The first kappa shape index (κ1) is 13.1. The van der Waals surface area contributed by atoms with Crippen LogP contribution >= 0.6 is 0 Å². The Bertz CT molecular complexity index is 480. The summed E-state index contributed by atoms with van der Waals surface area (Å²) >= 11 is 0. The summed E-state index contributed by atoms with van der Waals surface area (Å²) in [5.74, 6) is 0. The summed E-state index contributed by atoms with van der Waals surface area (Å²) in [5.41, 5.74) is 2.31. The van der Waals surface area contributed by atoms with Crippen molar-refractivity contribution in [3.63, 3.8) is 0 Å². The van der Waals surface area contributed by atoms with Gasteiger partial charge in [-0.15, -0.1) is 0 Å². The molecule has 0 aromatic heterocycles. The second kappa shape index (κ2) is 5.51. The summed E-state index contributed by atoms with van der Waals surface area (Å²) in [7, 11) is 0. The molecule has 2 atom stereocenters. The first-order valence-corrected chi connectivity index (χ1v) is 6.42. The lowest BCUT2D eigenvalue weighted by molar-refractivity contribution is 0.195. The van der Waals surface area contributed by atoms with E-state index in [0.717, 1.165) is 11.1 Å². The lowest BCUT2D eigenvalue weighted by atomic mass is 10.00. The maximum Gasteiger partial charge on any atom is 0.0552 e. The molecular weight excluding hydrogens is 224 g/mol. The lowest BCUT2D eigenvalue weighted by Gasteiger charge is -2.08. The zero-order valence-electron chi connectivity index (χ0n) is 10.9. The highest BCUT2D eigenvalue weighted by Gasteiger charge is 2.03. The van der Waals surface area contributed by atoms with Gasteiger partial charge in [-0.05, 0) is 48.6 Å². The lowest BCUT2D eigenvalue weighted by Crippen LogP contribution is -2.04. The van der Waals surface area contributed by atoms with Crippen LogP contribution in [0.1, 0.15) is 25.0 Å². The fourth-order valence-electron chi connectivity index (χ4n) is 2.28. The summed E-state index contributed by atoms with van der Waals surface area (Å²) in [4.78, 5) is 0. The van der Waals surface area contributed by atoms with Gasteiger partial charge in [0.25, 0.3) is 0 Å². The van der Waals surface area contributed by atoms with E-state index >= 15 is 0 Å². The number of aliphatic hydroxyl groups is 2. The highest BCUT2D eigenvalue weighted by Crippen LogP contribution is 2.19. The van der Waals surface area contributed by atoms with Crippen LogP contribution in [0.15, 0.2) is 36.4 Å². The molecule has 18 heavy (non-hydrogen) atoms. The molecule has 0 aliphatic heterocycles. The molecule has 0 bridgehead atoms. The molecule has 2 nitrogen and oxygen atoms in total. The first-order valence-electron chi connectivity index (χ1n) is 6.42. The van der Waals surface area contributed by atoms with Crippen molar-refractivity contribution in [2.24, 2.45) is 0 Å². The largest absolute Gasteiger partial charge is 0.393 e. The molecule has 2 unspecified atom stereocenters. The van der Waals surface area contributed by atoms with Gasteiger partial charge in [0, 0.05) is 0 Å². The van der Waals surface area contributed by atoms with E-state index in [1.54, 1.807) is 13.8 Å². The van der Waals surface area contributed by atoms with Crippen LogP contribution in [0.2, 0.25) is 0 Å². The molecule has 0 aliphatic carbocycles. The Hall–Kier alpha value is -1.38. The Morgan fingerprint density at radius 3 is 1.50 bits per heavy atom. The van der Waals surface area contributed by atoms with Crippen molar-refractivity contribution in [3.8, 4) is 0 Å². The maximum absolute atomic E-state index is 9.39. The fourth-order valence-corrected chi connectivity index (χ4v) is 2.28. The normalized spacial score (nSPS) is 14.7. The molecule has 96 valence electrons. The first-order chi connectivity index (χ1) is 8.54. The summed E-state index contributed by atoms with van der Waals surface area (Å²) in [5, 5.41) is 21.2. The predicted octanol–water partition coefficient (Wildman–Crippen LogP) is 2.69. The summed E-state index contributed by atoms with van der Waals surface area (Å²) in [6.07, 6.45) is 0.755. The van der Waals surface area contributed by atoms with E-state index in [1.807, 2.05) is 0 Å².